The van der Waals surface area contributed by atoms with E-state index in [9.17, 15) is 0 Å². The Morgan fingerprint density at radius 3 is 2.08 bits per heavy atom. The summed E-state index contributed by atoms with van der Waals surface area (Å²) in [6, 6.07) is 0.797. The van der Waals surface area contributed by atoms with Gasteiger partial charge >= 0.3 is 8.80 Å². The maximum atomic E-state index is 5.50. The van der Waals surface area contributed by atoms with Crippen LogP contribution in [-0.2, 0) is 13.3 Å². The van der Waals surface area contributed by atoms with Crippen molar-refractivity contribution in [3.05, 3.63) is 0 Å². The molecule has 12 heavy (non-hydrogen) atoms. The van der Waals surface area contributed by atoms with Gasteiger partial charge in [0.2, 0.25) is 0 Å². The van der Waals surface area contributed by atoms with Crippen molar-refractivity contribution in [2.75, 3.05) is 27.5 Å². The van der Waals surface area contributed by atoms with Crippen molar-refractivity contribution in [2.45, 2.75) is 19.9 Å². The summed E-state index contributed by atoms with van der Waals surface area (Å²) in [5, 5.41) is 3.06. The maximum Gasteiger partial charge on any atom is 0.501 e. The van der Waals surface area contributed by atoms with Crippen molar-refractivity contribution in [1.82, 2.24) is 5.32 Å². The van der Waals surface area contributed by atoms with Gasteiger partial charge in [0.15, 0.2) is 0 Å². The Morgan fingerprint density at radius 1 is 1.17 bits per heavy atom. The molecule has 0 spiro atoms. The summed E-state index contributed by atoms with van der Waals surface area (Å²) in [7, 11) is 0.943. The van der Waals surface area contributed by atoms with E-state index in [2.05, 4.69) is 5.32 Å². The zero-order valence-electron chi connectivity index (χ0n) is 8.35. The molecule has 0 aliphatic heterocycles. The predicted octanol–water partition coefficient (Wildman–Crippen LogP) is 0.822. The average Bonchev–Trinajstić information content (AvgIpc) is 2.14. The highest BCUT2D eigenvalue weighted by atomic mass is 28.4. The van der Waals surface area contributed by atoms with Gasteiger partial charge in [0.05, 0.1) is 6.73 Å². The van der Waals surface area contributed by atoms with Gasteiger partial charge in [-0.15, -0.1) is 0 Å². The average molecular weight is 193 g/mol. The topological polar surface area (TPSA) is 39.7 Å². The summed E-state index contributed by atoms with van der Waals surface area (Å²) in [5.74, 6) is 0. The molecule has 74 valence electrons. The number of hydrogen-bond acceptors (Lipinski definition) is 4. The van der Waals surface area contributed by atoms with Gasteiger partial charge in [0.1, 0.15) is 0 Å². The lowest BCUT2D eigenvalue weighted by atomic mass is 10.8. The van der Waals surface area contributed by atoms with Crippen LogP contribution in [0.4, 0.5) is 0 Å². The van der Waals surface area contributed by atoms with Crippen LogP contribution in [-0.4, -0.2) is 36.3 Å². The molecule has 0 aliphatic rings. The van der Waals surface area contributed by atoms with Crippen LogP contribution in [0.2, 0.25) is 6.04 Å². The van der Waals surface area contributed by atoms with Crippen molar-refractivity contribution >= 4 is 8.80 Å². The third kappa shape index (κ3) is 3.64. The van der Waals surface area contributed by atoms with Gasteiger partial charge in [-0.25, -0.2) is 0 Å². The van der Waals surface area contributed by atoms with Crippen molar-refractivity contribution in [3.63, 3.8) is 0 Å². The van der Waals surface area contributed by atoms with Crippen molar-refractivity contribution in [1.29, 1.82) is 0 Å². The first-order valence-electron chi connectivity index (χ1n) is 4.19. The summed E-state index contributed by atoms with van der Waals surface area (Å²) in [4.78, 5) is 0. The van der Waals surface area contributed by atoms with Crippen LogP contribution in [0.3, 0.4) is 0 Å². The van der Waals surface area contributed by atoms with Crippen LogP contribution in [0.1, 0.15) is 13.8 Å². The fourth-order valence-corrected chi connectivity index (χ4v) is 2.36. The molecule has 1 N–H and O–H groups in total. The molecule has 0 saturated heterocycles. The number of rotatable bonds is 7. The summed E-state index contributed by atoms with van der Waals surface area (Å²) in [6.45, 7) is 5.42. The van der Waals surface area contributed by atoms with Gasteiger partial charge in [0, 0.05) is 20.3 Å². The van der Waals surface area contributed by atoms with E-state index in [1.807, 2.05) is 13.8 Å². The van der Waals surface area contributed by atoms with Gasteiger partial charge in [0.25, 0.3) is 0 Å². The Balaban J connectivity index is 3.76. The molecule has 5 heteroatoms. The lowest BCUT2D eigenvalue weighted by molar-refractivity contribution is 0.0920. The van der Waals surface area contributed by atoms with Crippen molar-refractivity contribution in [3.8, 4) is 0 Å². The SMILES string of the molecule is CCNCO[Si](CC)(OC)OC. The molecule has 0 aromatic heterocycles. The fourth-order valence-electron chi connectivity index (χ4n) is 0.855. The van der Waals surface area contributed by atoms with E-state index in [-0.39, 0.29) is 0 Å². The maximum absolute atomic E-state index is 5.50. The highest BCUT2D eigenvalue weighted by molar-refractivity contribution is 6.60. The molecular weight excluding hydrogens is 174 g/mol. The summed E-state index contributed by atoms with van der Waals surface area (Å²) < 4.78 is 16.0. The first-order valence-corrected chi connectivity index (χ1v) is 6.12. The number of hydrogen-bond donors (Lipinski definition) is 1. The van der Waals surface area contributed by atoms with Crippen LogP contribution >= 0.6 is 0 Å². The molecule has 0 aromatic rings. The van der Waals surface area contributed by atoms with E-state index < -0.39 is 8.80 Å². The minimum absolute atomic E-state index is 0.498. The molecule has 0 fully saturated rings. The van der Waals surface area contributed by atoms with E-state index in [4.69, 9.17) is 13.3 Å². The molecule has 0 amide bonds. The Morgan fingerprint density at radius 2 is 1.75 bits per heavy atom. The van der Waals surface area contributed by atoms with E-state index in [0.29, 0.717) is 6.73 Å². The van der Waals surface area contributed by atoms with Gasteiger partial charge in [-0.05, 0) is 6.54 Å². The fraction of sp³-hybridized carbons (Fsp3) is 1.00. The Bertz CT molecular complexity index is 101. The van der Waals surface area contributed by atoms with Gasteiger partial charge in [-0.2, -0.15) is 0 Å². The van der Waals surface area contributed by atoms with E-state index in [1.165, 1.54) is 0 Å². The van der Waals surface area contributed by atoms with Crippen LogP contribution < -0.4 is 5.32 Å². The first kappa shape index (κ1) is 12.1. The highest BCUT2D eigenvalue weighted by Crippen LogP contribution is 2.11. The minimum atomic E-state index is -2.32. The second kappa shape index (κ2) is 6.56. The standard InChI is InChI=1S/C7H19NO3Si/c1-5-8-7-11-12(6-2,9-3)10-4/h8H,5-7H2,1-4H3. The molecule has 0 aliphatic carbocycles. The van der Waals surface area contributed by atoms with Crippen molar-refractivity contribution in [2.24, 2.45) is 0 Å². The predicted molar refractivity (Wildman–Crippen MR) is 49.9 cm³/mol. The molecule has 0 bridgehead atoms. The van der Waals surface area contributed by atoms with Gasteiger partial charge in [-0.3, -0.25) is 5.32 Å². The van der Waals surface area contributed by atoms with Crippen LogP contribution in [0.5, 0.6) is 0 Å². The lowest BCUT2D eigenvalue weighted by Gasteiger charge is -2.24. The summed E-state index contributed by atoms with van der Waals surface area (Å²) in [6.07, 6.45) is 0. The Kier molecular flexibility index (Phi) is 6.59. The molecule has 0 saturated carbocycles. The van der Waals surface area contributed by atoms with Gasteiger partial charge in [-0.1, -0.05) is 13.8 Å². The quantitative estimate of drug-likeness (QED) is 0.369. The smallest absolute Gasteiger partial charge is 0.377 e. The van der Waals surface area contributed by atoms with Gasteiger partial charge < -0.3 is 13.3 Å². The zero-order chi connectivity index (χ0) is 9.45. The monoisotopic (exact) mass is 193 g/mol. The molecular formula is C7H19NO3Si. The summed E-state index contributed by atoms with van der Waals surface area (Å²) >= 11 is 0. The molecule has 0 atom stereocenters. The first-order chi connectivity index (χ1) is 5.74. The van der Waals surface area contributed by atoms with Crippen molar-refractivity contribution < 1.29 is 13.3 Å². The molecule has 0 heterocycles. The molecule has 0 rings (SSSR count). The van der Waals surface area contributed by atoms with E-state index in [0.717, 1.165) is 12.6 Å². The minimum Gasteiger partial charge on any atom is -0.377 e. The van der Waals surface area contributed by atoms with E-state index in [1.54, 1.807) is 14.2 Å². The Hall–Kier alpha value is 0.0569. The summed E-state index contributed by atoms with van der Waals surface area (Å²) in [5.41, 5.74) is 0. The van der Waals surface area contributed by atoms with Crippen LogP contribution in [0.15, 0.2) is 0 Å². The third-order valence-corrected chi connectivity index (χ3v) is 4.39. The Labute approximate surface area is 75.6 Å². The normalized spacial score (nSPS) is 12.0. The molecule has 0 radical (unpaired) electrons. The third-order valence-electron chi connectivity index (χ3n) is 1.70. The molecule has 0 unspecified atom stereocenters. The van der Waals surface area contributed by atoms with Crippen LogP contribution in [0, 0.1) is 0 Å². The highest BCUT2D eigenvalue weighted by Gasteiger charge is 2.36. The largest absolute Gasteiger partial charge is 0.501 e. The second-order valence-electron chi connectivity index (χ2n) is 2.34. The van der Waals surface area contributed by atoms with Crippen LogP contribution in [0.25, 0.3) is 0 Å². The van der Waals surface area contributed by atoms with E-state index >= 15 is 0 Å². The zero-order valence-corrected chi connectivity index (χ0v) is 9.35. The molecule has 0 aromatic carbocycles. The lowest BCUT2D eigenvalue weighted by Crippen LogP contribution is -2.45. The molecule has 4 nitrogen and oxygen atoms in total. The second-order valence-corrected chi connectivity index (χ2v) is 5.52. The number of nitrogens with one attached hydrogen (secondary N) is 1.